The molecule has 0 aliphatic heterocycles. The van der Waals surface area contributed by atoms with E-state index < -0.39 is 0 Å². The van der Waals surface area contributed by atoms with Crippen molar-refractivity contribution in [1.29, 1.82) is 0 Å². The Morgan fingerprint density at radius 3 is 2.44 bits per heavy atom. The van der Waals surface area contributed by atoms with Crippen LogP contribution in [0.5, 0.6) is 0 Å². The number of nitrogens with zero attached hydrogens (tertiary/aromatic N) is 4. The standard InChI is InChI=1S/C19H15ClN4S/c1-13(14-5-3-2-4-6-14)25-18-12-11-17-21-22-19(24(17)23-18)15-7-9-16(20)10-8-15/h2-13H,1H3. The van der Waals surface area contributed by atoms with E-state index in [2.05, 4.69) is 41.4 Å². The number of fused-ring (bicyclic) bond motifs is 1. The molecule has 6 heteroatoms. The van der Waals surface area contributed by atoms with Gasteiger partial charge in [-0.2, -0.15) is 9.61 Å². The van der Waals surface area contributed by atoms with Crippen molar-refractivity contribution in [3.05, 3.63) is 77.3 Å². The highest BCUT2D eigenvalue weighted by Gasteiger charge is 2.12. The van der Waals surface area contributed by atoms with E-state index >= 15 is 0 Å². The summed E-state index contributed by atoms with van der Waals surface area (Å²) in [5.41, 5.74) is 2.93. The van der Waals surface area contributed by atoms with Crippen molar-refractivity contribution in [2.24, 2.45) is 0 Å². The molecule has 0 radical (unpaired) electrons. The summed E-state index contributed by atoms with van der Waals surface area (Å²) in [6.07, 6.45) is 0. The molecule has 2 aromatic heterocycles. The molecule has 0 N–H and O–H groups in total. The zero-order valence-corrected chi connectivity index (χ0v) is 15.1. The first kappa shape index (κ1) is 16.1. The average Bonchev–Trinajstić information content (AvgIpc) is 3.06. The molecule has 4 rings (SSSR count). The normalized spacial score (nSPS) is 12.4. The van der Waals surface area contributed by atoms with E-state index in [1.807, 2.05) is 42.5 Å². The first-order chi connectivity index (χ1) is 12.2. The Balaban J connectivity index is 1.67. The molecule has 4 nitrogen and oxygen atoms in total. The molecular weight excluding hydrogens is 352 g/mol. The van der Waals surface area contributed by atoms with E-state index in [4.69, 9.17) is 16.7 Å². The van der Waals surface area contributed by atoms with Crippen molar-refractivity contribution < 1.29 is 0 Å². The lowest BCUT2D eigenvalue weighted by Crippen LogP contribution is -1.97. The first-order valence-electron chi connectivity index (χ1n) is 7.91. The van der Waals surface area contributed by atoms with E-state index in [-0.39, 0.29) is 0 Å². The predicted molar refractivity (Wildman–Crippen MR) is 102 cm³/mol. The quantitative estimate of drug-likeness (QED) is 0.460. The first-order valence-corrected chi connectivity index (χ1v) is 9.16. The lowest BCUT2D eigenvalue weighted by atomic mass is 10.2. The molecule has 0 saturated heterocycles. The van der Waals surface area contributed by atoms with Gasteiger partial charge in [0.25, 0.3) is 0 Å². The highest BCUT2D eigenvalue weighted by Crippen LogP contribution is 2.33. The third-order valence-electron chi connectivity index (χ3n) is 3.91. The second kappa shape index (κ2) is 6.86. The summed E-state index contributed by atoms with van der Waals surface area (Å²) in [6.45, 7) is 2.18. The van der Waals surface area contributed by atoms with E-state index in [0.717, 1.165) is 16.2 Å². The number of rotatable bonds is 4. The SMILES string of the molecule is CC(Sc1ccc2nnc(-c3ccc(Cl)cc3)n2n1)c1ccccc1. The molecule has 0 amide bonds. The van der Waals surface area contributed by atoms with Gasteiger partial charge in [0.2, 0.25) is 0 Å². The molecule has 0 spiro atoms. The minimum atomic E-state index is 0.307. The van der Waals surface area contributed by atoms with Gasteiger partial charge in [-0.1, -0.05) is 53.7 Å². The number of thioether (sulfide) groups is 1. The molecule has 0 fully saturated rings. The van der Waals surface area contributed by atoms with Crippen LogP contribution < -0.4 is 0 Å². The highest BCUT2D eigenvalue weighted by atomic mass is 35.5. The summed E-state index contributed by atoms with van der Waals surface area (Å²) < 4.78 is 1.78. The van der Waals surface area contributed by atoms with Gasteiger partial charge in [-0.25, -0.2) is 0 Å². The van der Waals surface area contributed by atoms with E-state index in [1.165, 1.54) is 5.56 Å². The number of halogens is 1. The molecule has 1 unspecified atom stereocenters. The lowest BCUT2D eigenvalue weighted by Gasteiger charge is -2.11. The number of benzene rings is 2. The molecule has 1 atom stereocenters. The second-order valence-electron chi connectivity index (χ2n) is 5.64. The predicted octanol–water partition coefficient (Wildman–Crippen LogP) is 5.30. The Hall–Kier alpha value is -2.37. The zero-order valence-electron chi connectivity index (χ0n) is 13.5. The second-order valence-corrected chi connectivity index (χ2v) is 7.44. The van der Waals surface area contributed by atoms with Gasteiger partial charge in [0.1, 0.15) is 5.03 Å². The molecule has 2 heterocycles. The van der Waals surface area contributed by atoms with Gasteiger partial charge in [0.15, 0.2) is 11.5 Å². The fourth-order valence-electron chi connectivity index (χ4n) is 2.59. The van der Waals surface area contributed by atoms with Crippen molar-refractivity contribution >= 4 is 29.0 Å². The molecule has 0 saturated carbocycles. The van der Waals surface area contributed by atoms with Gasteiger partial charge in [0.05, 0.1) is 0 Å². The minimum Gasteiger partial charge on any atom is -0.192 e. The summed E-state index contributed by atoms with van der Waals surface area (Å²) in [5.74, 6) is 0.710. The van der Waals surface area contributed by atoms with Crippen LogP contribution in [0.2, 0.25) is 5.02 Å². The maximum absolute atomic E-state index is 5.97. The third kappa shape index (κ3) is 3.38. The molecule has 0 bridgehead atoms. The molecule has 25 heavy (non-hydrogen) atoms. The summed E-state index contributed by atoms with van der Waals surface area (Å²) in [4.78, 5) is 0. The summed E-state index contributed by atoms with van der Waals surface area (Å²) in [7, 11) is 0. The zero-order chi connectivity index (χ0) is 17.2. The Kier molecular flexibility index (Phi) is 4.42. The van der Waals surface area contributed by atoms with Crippen LogP contribution in [0, 0.1) is 0 Å². The van der Waals surface area contributed by atoms with E-state index in [0.29, 0.717) is 16.1 Å². The van der Waals surface area contributed by atoms with Crippen molar-refractivity contribution in [3.8, 4) is 11.4 Å². The van der Waals surface area contributed by atoms with Crippen molar-refractivity contribution in [2.45, 2.75) is 17.2 Å². The van der Waals surface area contributed by atoms with Crippen LogP contribution in [-0.2, 0) is 0 Å². The molecule has 2 aromatic carbocycles. The Morgan fingerprint density at radius 2 is 1.68 bits per heavy atom. The molecule has 0 aliphatic rings. The average molecular weight is 367 g/mol. The maximum Gasteiger partial charge on any atom is 0.185 e. The number of aromatic nitrogens is 4. The fraction of sp³-hybridized carbons (Fsp3) is 0.105. The van der Waals surface area contributed by atoms with Crippen LogP contribution in [-0.4, -0.2) is 19.8 Å². The third-order valence-corrected chi connectivity index (χ3v) is 5.24. The fourth-order valence-corrected chi connectivity index (χ4v) is 3.64. The van der Waals surface area contributed by atoms with Gasteiger partial charge < -0.3 is 0 Å². The van der Waals surface area contributed by atoms with Gasteiger partial charge >= 0.3 is 0 Å². The van der Waals surface area contributed by atoms with Gasteiger partial charge in [-0.15, -0.1) is 10.2 Å². The van der Waals surface area contributed by atoms with Crippen molar-refractivity contribution in [2.75, 3.05) is 0 Å². The largest absolute Gasteiger partial charge is 0.192 e. The topological polar surface area (TPSA) is 43.1 Å². The monoisotopic (exact) mass is 366 g/mol. The summed E-state index contributed by atoms with van der Waals surface area (Å²) >= 11 is 7.68. The minimum absolute atomic E-state index is 0.307. The maximum atomic E-state index is 5.97. The molecule has 4 aromatic rings. The smallest absolute Gasteiger partial charge is 0.185 e. The Morgan fingerprint density at radius 1 is 0.920 bits per heavy atom. The Labute approximate surface area is 154 Å². The summed E-state index contributed by atoms with van der Waals surface area (Å²) in [6, 6.07) is 21.9. The number of hydrogen-bond acceptors (Lipinski definition) is 4. The van der Waals surface area contributed by atoms with Crippen LogP contribution in [0.25, 0.3) is 17.0 Å². The van der Waals surface area contributed by atoms with E-state index in [1.54, 1.807) is 16.3 Å². The lowest BCUT2D eigenvalue weighted by molar-refractivity contribution is 0.857. The number of hydrogen-bond donors (Lipinski definition) is 0. The van der Waals surface area contributed by atoms with Crippen molar-refractivity contribution in [3.63, 3.8) is 0 Å². The van der Waals surface area contributed by atoms with Crippen LogP contribution in [0.4, 0.5) is 0 Å². The van der Waals surface area contributed by atoms with Gasteiger partial charge in [0, 0.05) is 15.8 Å². The van der Waals surface area contributed by atoms with Crippen LogP contribution >= 0.6 is 23.4 Å². The van der Waals surface area contributed by atoms with Crippen LogP contribution in [0.1, 0.15) is 17.7 Å². The van der Waals surface area contributed by atoms with Crippen LogP contribution in [0.3, 0.4) is 0 Å². The van der Waals surface area contributed by atoms with Gasteiger partial charge in [-0.05, 0) is 48.9 Å². The molecular formula is C19H15ClN4S. The Bertz CT molecular complexity index is 999. The van der Waals surface area contributed by atoms with Crippen molar-refractivity contribution in [1.82, 2.24) is 19.8 Å². The van der Waals surface area contributed by atoms with E-state index in [9.17, 15) is 0 Å². The van der Waals surface area contributed by atoms with Gasteiger partial charge in [-0.3, -0.25) is 0 Å². The molecule has 0 aliphatic carbocycles. The highest BCUT2D eigenvalue weighted by molar-refractivity contribution is 7.99. The molecule has 124 valence electrons. The summed E-state index contributed by atoms with van der Waals surface area (Å²) in [5, 5.41) is 15.1. The van der Waals surface area contributed by atoms with Crippen LogP contribution in [0.15, 0.2) is 71.8 Å².